The monoisotopic (exact) mass is 270 g/mol. The zero-order valence-corrected chi connectivity index (χ0v) is 11.6. The second-order valence-electron chi connectivity index (χ2n) is 5.45. The van der Waals surface area contributed by atoms with E-state index in [9.17, 15) is 4.39 Å². The molecule has 1 aliphatic heterocycles. The Morgan fingerprint density at radius 3 is 2.83 bits per heavy atom. The summed E-state index contributed by atoms with van der Waals surface area (Å²) >= 11 is 6.15. The Balaban J connectivity index is 2.27. The quantitative estimate of drug-likeness (QED) is 0.914. The molecular formula is C14H20ClFN2. The summed E-state index contributed by atoms with van der Waals surface area (Å²) < 4.78 is 13.1. The summed E-state index contributed by atoms with van der Waals surface area (Å²) in [6, 6.07) is 4.78. The molecule has 1 aromatic carbocycles. The summed E-state index contributed by atoms with van der Waals surface area (Å²) in [6.45, 7) is 6.35. The second kappa shape index (κ2) is 5.55. The molecule has 2 unspecified atom stereocenters. The molecule has 0 saturated carbocycles. The van der Waals surface area contributed by atoms with Gasteiger partial charge < -0.3 is 5.73 Å². The predicted molar refractivity (Wildman–Crippen MR) is 73.2 cm³/mol. The smallest absolute Gasteiger partial charge is 0.124 e. The molecule has 0 spiro atoms. The second-order valence-corrected chi connectivity index (χ2v) is 5.86. The summed E-state index contributed by atoms with van der Waals surface area (Å²) in [7, 11) is 0. The van der Waals surface area contributed by atoms with Gasteiger partial charge in [0.05, 0.1) is 6.04 Å². The lowest BCUT2D eigenvalue weighted by atomic mass is 10.00. The van der Waals surface area contributed by atoms with E-state index in [4.69, 9.17) is 17.3 Å². The molecule has 0 radical (unpaired) electrons. The third kappa shape index (κ3) is 2.85. The maximum absolute atomic E-state index is 13.1. The molecule has 2 rings (SSSR count). The highest BCUT2D eigenvalue weighted by Gasteiger charge is 2.34. The van der Waals surface area contributed by atoms with Crippen LogP contribution in [0.3, 0.4) is 0 Å². The molecular weight excluding hydrogens is 251 g/mol. The van der Waals surface area contributed by atoms with Crippen LogP contribution in [0.2, 0.25) is 5.02 Å². The van der Waals surface area contributed by atoms with E-state index in [-0.39, 0.29) is 17.9 Å². The summed E-state index contributed by atoms with van der Waals surface area (Å²) in [4.78, 5) is 2.36. The molecule has 100 valence electrons. The van der Waals surface area contributed by atoms with Crippen LogP contribution in [-0.4, -0.2) is 24.0 Å². The number of benzene rings is 1. The van der Waals surface area contributed by atoms with Crippen LogP contribution in [0.25, 0.3) is 0 Å². The first-order chi connectivity index (χ1) is 8.49. The number of likely N-dealkylation sites (tertiary alicyclic amines) is 1. The molecule has 2 atom stereocenters. The molecule has 1 fully saturated rings. The molecule has 0 amide bonds. The van der Waals surface area contributed by atoms with Gasteiger partial charge in [0.15, 0.2) is 0 Å². The van der Waals surface area contributed by atoms with Crippen molar-refractivity contribution in [3.63, 3.8) is 0 Å². The van der Waals surface area contributed by atoms with Crippen LogP contribution in [0.4, 0.5) is 4.39 Å². The average Bonchev–Trinajstić information content (AvgIpc) is 2.60. The van der Waals surface area contributed by atoms with E-state index >= 15 is 0 Å². The van der Waals surface area contributed by atoms with Gasteiger partial charge in [0, 0.05) is 24.2 Å². The van der Waals surface area contributed by atoms with Gasteiger partial charge in [0.25, 0.3) is 0 Å². The van der Waals surface area contributed by atoms with Crippen LogP contribution in [0, 0.1) is 11.7 Å². The number of nitrogens with zero attached hydrogens (tertiary/aromatic N) is 1. The number of nitrogens with two attached hydrogens (primary N) is 1. The van der Waals surface area contributed by atoms with Crippen molar-refractivity contribution in [3.05, 3.63) is 34.6 Å². The first-order valence-corrected chi connectivity index (χ1v) is 6.81. The first kappa shape index (κ1) is 13.8. The van der Waals surface area contributed by atoms with E-state index in [1.165, 1.54) is 12.1 Å². The van der Waals surface area contributed by atoms with Crippen molar-refractivity contribution in [1.82, 2.24) is 4.90 Å². The summed E-state index contributed by atoms with van der Waals surface area (Å²) in [5, 5.41) is 0.478. The van der Waals surface area contributed by atoms with Crippen LogP contribution >= 0.6 is 11.6 Å². The third-order valence-corrected chi connectivity index (χ3v) is 3.76. The van der Waals surface area contributed by atoms with Crippen LogP contribution < -0.4 is 5.73 Å². The number of hydrogen-bond acceptors (Lipinski definition) is 2. The first-order valence-electron chi connectivity index (χ1n) is 6.43. The highest BCUT2D eigenvalue weighted by atomic mass is 35.5. The molecule has 1 aromatic rings. The van der Waals surface area contributed by atoms with Gasteiger partial charge in [0.1, 0.15) is 5.82 Å². The van der Waals surface area contributed by atoms with Crippen molar-refractivity contribution in [3.8, 4) is 0 Å². The minimum atomic E-state index is -0.300. The molecule has 1 heterocycles. The molecule has 2 nitrogen and oxygen atoms in total. The van der Waals surface area contributed by atoms with Crippen molar-refractivity contribution in [2.45, 2.75) is 32.4 Å². The van der Waals surface area contributed by atoms with Crippen LogP contribution in [0.15, 0.2) is 18.2 Å². The highest BCUT2D eigenvalue weighted by Crippen LogP contribution is 2.35. The standard InChI is InChI=1S/C14H20ClFN2/c1-9(2)8-18-6-5-13(17)14(18)11-4-3-10(16)7-12(11)15/h3-4,7,9,13-14H,5-6,8,17H2,1-2H3. The summed E-state index contributed by atoms with van der Waals surface area (Å²) in [5.74, 6) is 0.280. The summed E-state index contributed by atoms with van der Waals surface area (Å²) in [5.41, 5.74) is 7.14. The number of halogens is 2. The molecule has 0 bridgehead atoms. The SMILES string of the molecule is CC(C)CN1CCC(N)C1c1ccc(F)cc1Cl. The van der Waals surface area contributed by atoms with Gasteiger partial charge in [-0.3, -0.25) is 4.90 Å². The fourth-order valence-electron chi connectivity index (χ4n) is 2.73. The lowest BCUT2D eigenvalue weighted by Gasteiger charge is -2.29. The lowest BCUT2D eigenvalue weighted by molar-refractivity contribution is 0.221. The predicted octanol–water partition coefficient (Wildman–Crippen LogP) is 3.21. The molecule has 2 N–H and O–H groups in total. The zero-order chi connectivity index (χ0) is 13.3. The topological polar surface area (TPSA) is 29.3 Å². The molecule has 1 saturated heterocycles. The van der Waals surface area contributed by atoms with E-state index in [0.29, 0.717) is 10.9 Å². The van der Waals surface area contributed by atoms with Crippen molar-refractivity contribution in [1.29, 1.82) is 0 Å². The van der Waals surface area contributed by atoms with Crippen LogP contribution in [0.1, 0.15) is 31.9 Å². The van der Waals surface area contributed by atoms with Gasteiger partial charge in [-0.15, -0.1) is 0 Å². The Kier molecular flexibility index (Phi) is 4.25. The average molecular weight is 271 g/mol. The fraction of sp³-hybridized carbons (Fsp3) is 0.571. The fourth-order valence-corrected chi connectivity index (χ4v) is 3.00. The van der Waals surface area contributed by atoms with E-state index < -0.39 is 0 Å². The maximum atomic E-state index is 13.1. The van der Waals surface area contributed by atoms with Gasteiger partial charge in [0.2, 0.25) is 0 Å². The maximum Gasteiger partial charge on any atom is 0.124 e. The largest absolute Gasteiger partial charge is 0.326 e. The highest BCUT2D eigenvalue weighted by molar-refractivity contribution is 6.31. The van der Waals surface area contributed by atoms with E-state index in [0.717, 1.165) is 25.1 Å². The Bertz CT molecular complexity index is 422. The minimum absolute atomic E-state index is 0.0757. The summed E-state index contributed by atoms with van der Waals surface area (Å²) in [6.07, 6.45) is 0.963. The van der Waals surface area contributed by atoms with Crippen molar-refractivity contribution >= 4 is 11.6 Å². The van der Waals surface area contributed by atoms with Crippen LogP contribution in [0.5, 0.6) is 0 Å². The molecule has 1 aliphatic rings. The van der Waals surface area contributed by atoms with Crippen LogP contribution in [-0.2, 0) is 0 Å². The normalized spacial score (nSPS) is 25.0. The Hall–Kier alpha value is -0.640. The van der Waals surface area contributed by atoms with Gasteiger partial charge in [-0.2, -0.15) is 0 Å². The van der Waals surface area contributed by atoms with Gasteiger partial charge in [-0.05, 0) is 30.0 Å². The van der Waals surface area contributed by atoms with Gasteiger partial charge in [-0.25, -0.2) is 4.39 Å². The minimum Gasteiger partial charge on any atom is -0.326 e. The Morgan fingerprint density at radius 1 is 1.50 bits per heavy atom. The van der Waals surface area contributed by atoms with E-state index in [1.807, 2.05) is 0 Å². The molecule has 4 heteroatoms. The molecule has 18 heavy (non-hydrogen) atoms. The molecule has 0 aliphatic carbocycles. The number of hydrogen-bond donors (Lipinski definition) is 1. The third-order valence-electron chi connectivity index (χ3n) is 3.43. The Labute approximate surface area is 113 Å². The number of rotatable bonds is 3. The van der Waals surface area contributed by atoms with Gasteiger partial charge >= 0.3 is 0 Å². The van der Waals surface area contributed by atoms with Crippen molar-refractivity contribution in [2.75, 3.05) is 13.1 Å². The van der Waals surface area contributed by atoms with E-state index in [2.05, 4.69) is 18.7 Å². The molecule has 0 aromatic heterocycles. The van der Waals surface area contributed by atoms with Crippen molar-refractivity contribution in [2.24, 2.45) is 11.7 Å². The van der Waals surface area contributed by atoms with Gasteiger partial charge in [-0.1, -0.05) is 31.5 Å². The Morgan fingerprint density at radius 2 is 2.22 bits per heavy atom. The van der Waals surface area contributed by atoms with E-state index in [1.54, 1.807) is 6.07 Å². The lowest BCUT2D eigenvalue weighted by Crippen LogP contribution is -2.34. The van der Waals surface area contributed by atoms with Crippen molar-refractivity contribution < 1.29 is 4.39 Å². The zero-order valence-electron chi connectivity index (χ0n) is 10.9.